The lowest BCUT2D eigenvalue weighted by atomic mass is 9.98. The lowest BCUT2D eigenvalue weighted by Gasteiger charge is -2.26. The van der Waals surface area contributed by atoms with Gasteiger partial charge in [-0.1, -0.05) is 200 Å². The summed E-state index contributed by atoms with van der Waals surface area (Å²) in [5, 5.41) is 0. The predicted molar refractivity (Wildman–Crippen MR) is 347 cm³/mol. The summed E-state index contributed by atoms with van der Waals surface area (Å²) in [6.07, 6.45) is 0. The van der Waals surface area contributed by atoms with Crippen LogP contribution in [0, 0.1) is 0 Å². The molecule has 0 amide bonds. The van der Waals surface area contributed by atoms with Gasteiger partial charge < -0.3 is 19.6 Å². The first-order chi connectivity index (χ1) is 40.7. The van der Waals surface area contributed by atoms with Crippen LogP contribution < -0.4 is 19.6 Å². The van der Waals surface area contributed by atoms with Gasteiger partial charge in [0, 0.05) is 68.2 Å². The highest BCUT2D eigenvalue weighted by Crippen LogP contribution is 2.42. The van der Waals surface area contributed by atoms with Gasteiger partial charge in [0.25, 0.3) is 0 Å². The SMILES string of the molecule is c1ccc(N(c2ccccc2)c2ccc(-c3ccc(N(c4ccccc4)c4ccc(-c5cccc(-c6ccc(N(c7ccccc7)c7ccc(-c8ccc(N(c9ccccc9)c9ccccc9)cc8)cc7)cc6)c5)cc4)cc3)cc2)cc1. The summed E-state index contributed by atoms with van der Waals surface area (Å²) in [5.74, 6) is 0. The summed E-state index contributed by atoms with van der Waals surface area (Å²) in [5.41, 5.74) is 22.5. The Labute approximate surface area is 481 Å². The molecule has 0 saturated heterocycles. The quantitative estimate of drug-likeness (QED) is 0.0956. The second kappa shape index (κ2) is 23.6. The van der Waals surface area contributed by atoms with Crippen LogP contribution in [-0.2, 0) is 0 Å². The normalized spacial score (nSPS) is 10.9. The van der Waals surface area contributed by atoms with Gasteiger partial charge in [0.2, 0.25) is 0 Å². The average molecular weight is 1050 g/mol. The highest BCUT2D eigenvalue weighted by atomic mass is 15.2. The van der Waals surface area contributed by atoms with Gasteiger partial charge in [-0.3, -0.25) is 0 Å². The maximum atomic E-state index is 2.32. The van der Waals surface area contributed by atoms with Crippen molar-refractivity contribution in [1.29, 1.82) is 0 Å². The van der Waals surface area contributed by atoms with E-state index in [1.807, 2.05) is 0 Å². The van der Waals surface area contributed by atoms with Crippen molar-refractivity contribution in [3.63, 3.8) is 0 Å². The van der Waals surface area contributed by atoms with E-state index in [2.05, 4.69) is 371 Å². The summed E-state index contributed by atoms with van der Waals surface area (Å²) in [6, 6.07) is 126. The molecule has 0 spiro atoms. The van der Waals surface area contributed by atoms with E-state index in [1.165, 1.54) is 0 Å². The predicted octanol–water partition coefficient (Wildman–Crippen LogP) is 22.2. The number of rotatable bonds is 16. The molecule has 0 atom stereocenters. The summed E-state index contributed by atoms with van der Waals surface area (Å²) in [7, 11) is 0. The Balaban J connectivity index is 0.722. The molecule has 0 unspecified atom stereocenters. The molecule has 0 aromatic heterocycles. The van der Waals surface area contributed by atoms with Gasteiger partial charge in [0.1, 0.15) is 0 Å². The molecule has 0 fully saturated rings. The Morgan fingerprint density at radius 1 is 0.110 bits per heavy atom. The Kier molecular flexibility index (Phi) is 14.5. The monoisotopic (exact) mass is 1050 g/mol. The molecule has 13 aromatic rings. The first kappa shape index (κ1) is 50.6. The van der Waals surface area contributed by atoms with E-state index in [4.69, 9.17) is 0 Å². The molecular formula is C78H58N4. The standard InChI is InChI=1S/C78H58N4/c1-7-22-67(23-8-1)79(68-24-9-2-10-25-68)73-46-34-59(35-47-73)61-38-50-75(51-39-61)81(71-30-15-5-16-31-71)77-54-42-63(43-55-77)65-20-19-21-66(58-65)64-44-56-78(57-45-64)82(72-32-17-6-18-33-72)76-52-40-62(41-53-76)60-36-48-74(49-37-60)80(69-26-11-3-12-27-69)70-28-13-4-14-29-70/h1-58H. The Bertz CT molecular complexity index is 3770. The first-order valence-electron chi connectivity index (χ1n) is 27.9. The fraction of sp³-hybridized carbons (Fsp3) is 0. The van der Waals surface area contributed by atoms with E-state index in [9.17, 15) is 0 Å². The van der Waals surface area contributed by atoms with Crippen LogP contribution in [0.5, 0.6) is 0 Å². The Morgan fingerprint density at radius 2 is 0.256 bits per heavy atom. The zero-order valence-corrected chi connectivity index (χ0v) is 45.3. The molecular weight excluding hydrogens is 993 g/mol. The minimum absolute atomic E-state index is 1.09. The summed E-state index contributed by atoms with van der Waals surface area (Å²) >= 11 is 0. The second-order valence-corrected chi connectivity index (χ2v) is 20.2. The van der Waals surface area contributed by atoms with Crippen LogP contribution in [0.1, 0.15) is 0 Å². The smallest absolute Gasteiger partial charge is 0.0462 e. The molecule has 390 valence electrons. The first-order valence-corrected chi connectivity index (χ1v) is 27.9. The number of anilines is 12. The van der Waals surface area contributed by atoms with Crippen molar-refractivity contribution < 1.29 is 0 Å². The van der Waals surface area contributed by atoms with Crippen LogP contribution in [0.15, 0.2) is 352 Å². The van der Waals surface area contributed by atoms with Gasteiger partial charge in [-0.05, 0) is 196 Å². The number of hydrogen-bond acceptors (Lipinski definition) is 4. The van der Waals surface area contributed by atoms with Crippen molar-refractivity contribution in [2.24, 2.45) is 0 Å². The van der Waals surface area contributed by atoms with Crippen molar-refractivity contribution in [3.8, 4) is 44.5 Å². The van der Waals surface area contributed by atoms with E-state index in [0.29, 0.717) is 0 Å². The summed E-state index contributed by atoms with van der Waals surface area (Å²) < 4.78 is 0. The molecule has 13 aromatic carbocycles. The fourth-order valence-electron chi connectivity index (χ4n) is 10.9. The van der Waals surface area contributed by atoms with Crippen molar-refractivity contribution in [3.05, 3.63) is 352 Å². The van der Waals surface area contributed by atoms with Crippen molar-refractivity contribution in [2.45, 2.75) is 0 Å². The summed E-state index contributed by atoms with van der Waals surface area (Å²) in [6.45, 7) is 0. The van der Waals surface area contributed by atoms with E-state index < -0.39 is 0 Å². The van der Waals surface area contributed by atoms with E-state index >= 15 is 0 Å². The number of benzene rings is 13. The van der Waals surface area contributed by atoms with Gasteiger partial charge >= 0.3 is 0 Å². The van der Waals surface area contributed by atoms with Gasteiger partial charge in [-0.25, -0.2) is 0 Å². The van der Waals surface area contributed by atoms with Crippen LogP contribution in [0.2, 0.25) is 0 Å². The molecule has 0 heterocycles. The third-order valence-corrected chi connectivity index (χ3v) is 15.0. The number of nitrogens with zero attached hydrogens (tertiary/aromatic N) is 4. The van der Waals surface area contributed by atoms with Gasteiger partial charge in [-0.15, -0.1) is 0 Å². The fourth-order valence-corrected chi connectivity index (χ4v) is 10.9. The van der Waals surface area contributed by atoms with Crippen LogP contribution in [0.4, 0.5) is 68.2 Å². The molecule has 0 bridgehead atoms. The van der Waals surface area contributed by atoms with Gasteiger partial charge in [-0.2, -0.15) is 0 Å². The molecule has 82 heavy (non-hydrogen) atoms. The summed E-state index contributed by atoms with van der Waals surface area (Å²) in [4.78, 5) is 9.23. The number of para-hydroxylation sites is 6. The molecule has 0 aliphatic carbocycles. The highest BCUT2D eigenvalue weighted by molar-refractivity contribution is 5.85. The number of hydrogen-bond donors (Lipinski definition) is 0. The maximum absolute atomic E-state index is 2.32. The van der Waals surface area contributed by atoms with Crippen molar-refractivity contribution in [2.75, 3.05) is 19.6 Å². The molecule has 0 saturated carbocycles. The third-order valence-electron chi connectivity index (χ3n) is 15.0. The zero-order chi connectivity index (χ0) is 54.9. The zero-order valence-electron chi connectivity index (χ0n) is 45.3. The lowest BCUT2D eigenvalue weighted by molar-refractivity contribution is 1.28. The largest absolute Gasteiger partial charge is 0.311 e. The van der Waals surface area contributed by atoms with Crippen molar-refractivity contribution in [1.82, 2.24) is 0 Å². The van der Waals surface area contributed by atoms with Crippen LogP contribution in [0.3, 0.4) is 0 Å². The topological polar surface area (TPSA) is 13.0 Å². The van der Waals surface area contributed by atoms with E-state index in [-0.39, 0.29) is 0 Å². The molecule has 0 N–H and O–H groups in total. The highest BCUT2D eigenvalue weighted by Gasteiger charge is 2.18. The van der Waals surface area contributed by atoms with Crippen LogP contribution >= 0.6 is 0 Å². The Morgan fingerprint density at radius 3 is 0.427 bits per heavy atom. The minimum atomic E-state index is 1.09. The van der Waals surface area contributed by atoms with Crippen LogP contribution in [-0.4, -0.2) is 0 Å². The second-order valence-electron chi connectivity index (χ2n) is 20.2. The molecule has 4 nitrogen and oxygen atoms in total. The molecule has 0 aliphatic heterocycles. The third kappa shape index (κ3) is 10.9. The van der Waals surface area contributed by atoms with E-state index in [1.54, 1.807) is 0 Å². The molecule has 13 rings (SSSR count). The molecule has 0 radical (unpaired) electrons. The van der Waals surface area contributed by atoms with Crippen molar-refractivity contribution >= 4 is 68.2 Å². The molecule has 4 heteroatoms. The van der Waals surface area contributed by atoms with Gasteiger partial charge in [0.05, 0.1) is 0 Å². The average Bonchev–Trinajstić information content (AvgIpc) is 3.68. The minimum Gasteiger partial charge on any atom is -0.311 e. The van der Waals surface area contributed by atoms with Gasteiger partial charge in [0.15, 0.2) is 0 Å². The van der Waals surface area contributed by atoms with Crippen LogP contribution in [0.25, 0.3) is 44.5 Å². The lowest BCUT2D eigenvalue weighted by Crippen LogP contribution is -2.10. The molecule has 0 aliphatic rings. The van der Waals surface area contributed by atoms with E-state index in [0.717, 1.165) is 113 Å². The Hall–Kier alpha value is -10.9. The maximum Gasteiger partial charge on any atom is 0.0462 e.